The third-order valence-electron chi connectivity index (χ3n) is 4.83. The highest BCUT2D eigenvalue weighted by atomic mass is 16.5. The van der Waals surface area contributed by atoms with Crippen LogP contribution in [0, 0.1) is 0 Å². The van der Waals surface area contributed by atoms with Crippen molar-refractivity contribution >= 4 is 16.9 Å². The summed E-state index contributed by atoms with van der Waals surface area (Å²) >= 11 is 0. The van der Waals surface area contributed by atoms with Crippen LogP contribution >= 0.6 is 0 Å². The molecule has 0 spiro atoms. The van der Waals surface area contributed by atoms with E-state index in [1.54, 1.807) is 19.6 Å². The van der Waals surface area contributed by atoms with E-state index in [0.29, 0.717) is 12.4 Å². The molecule has 4 aromatic rings. The van der Waals surface area contributed by atoms with Crippen molar-refractivity contribution in [3.63, 3.8) is 0 Å². The number of H-pyrrole nitrogens is 1. The van der Waals surface area contributed by atoms with E-state index in [1.165, 1.54) is 0 Å². The molecule has 4 rings (SSSR count). The minimum Gasteiger partial charge on any atom is -0.481 e. The summed E-state index contributed by atoms with van der Waals surface area (Å²) in [4.78, 5) is 16.4. The van der Waals surface area contributed by atoms with Crippen LogP contribution in [0.1, 0.15) is 25.0 Å². The molecule has 0 atom stereocenters. The first-order valence-corrected chi connectivity index (χ1v) is 9.40. The highest BCUT2D eigenvalue weighted by Crippen LogP contribution is 2.28. The van der Waals surface area contributed by atoms with E-state index in [-0.39, 0.29) is 5.54 Å². The van der Waals surface area contributed by atoms with Crippen LogP contribution in [-0.4, -0.2) is 27.0 Å². The molecule has 0 amide bonds. The van der Waals surface area contributed by atoms with Crippen LogP contribution in [0.15, 0.2) is 55.0 Å². The van der Waals surface area contributed by atoms with E-state index in [0.717, 1.165) is 39.2 Å². The Morgan fingerprint density at radius 1 is 1.07 bits per heavy atom. The Morgan fingerprint density at radius 3 is 2.52 bits per heavy atom. The Kier molecular flexibility index (Phi) is 4.90. The summed E-state index contributed by atoms with van der Waals surface area (Å²) in [6, 6.07) is 14.1. The lowest BCUT2D eigenvalue weighted by Crippen LogP contribution is -2.28. The van der Waals surface area contributed by atoms with Crippen LogP contribution in [0.2, 0.25) is 0 Å². The smallest absolute Gasteiger partial charge is 0.212 e. The van der Waals surface area contributed by atoms with Crippen molar-refractivity contribution in [1.29, 1.82) is 0 Å². The lowest BCUT2D eigenvalue weighted by molar-refractivity contribution is 0.397. The third-order valence-corrected chi connectivity index (χ3v) is 4.83. The van der Waals surface area contributed by atoms with Crippen molar-refractivity contribution in [2.24, 2.45) is 5.73 Å². The molecule has 29 heavy (non-hydrogen) atoms. The molecule has 7 heteroatoms. The molecule has 0 saturated heterocycles. The van der Waals surface area contributed by atoms with Crippen LogP contribution in [-0.2, 0) is 12.1 Å². The van der Waals surface area contributed by atoms with E-state index in [4.69, 9.17) is 10.5 Å². The molecule has 3 heterocycles. The van der Waals surface area contributed by atoms with E-state index in [9.17, 15) is 0 Å². The number of methoxy groups -OCH3 is 1. The maximum atomic E-state index is 6.18. The molecule has 0 aliphatic heterocycles. The van der Waals surface area contributed by atoms with Crippen LogP contribution in [0.4, 0.5) is 5.82 Å². The molecule has 0 bridgehead atoms. The lowest BCUT2D eigenvalue weighted by Gasteiger charge is -2.19. The predicted octanol–water partition coefficient (Wildman–Crippen LogP) is 3.83. The van der Waals surface area contributed by atoms with E-state index >= 15 is 0 Å². The predicted molar refractivity (Wildman–Crippen MR) is 115 cm³/mol. The summed E-state index contributed by atoms with van der Waals surface area (Å²) in [7, 11) is 1.60. The topological polar surface area (TPSA) is 102 Å². The molecule has 0 aliphatic rings. The molecule has 148 valence electrons. The first-order valence-electron chi connectivity index (χ1n) is 9.40. The number of pyridine rings is 1. The average Bonchev–Trinajstić information content (AvgIpc) is 3.17. The van der Waals surface area contributed by atoms with Gasteiger partial charge in [-0.15, -0.1) is 0 Å². The fourth-order valence-electron chi connectivity index (χ4n) is 3.14. The van der Waals surface area contributed by atoms with E-state index in [2.05, 4.69) is 55.6 Å². The maximum Gasteiger partial charge on any atom is 0.212 e. The molecular formula is C22H24N6O. The Hall–Kier alpha value is -3.45. The average molecular weight is 388 g/mol. The summed E-state index contributed by atoms with van der Waals surface area (Å²) in [6.07, 6.45) is 3.34. The van der Waals surface area contributed by atoms with Gasteiger partial charge in [0.05, 0.1) is 12.5 Å². The molecule has 4 N–H and O–H groups in total. The Bertz CT molecular complexity index is 1110. The Labute approximate surface area is 169 Å². The number of fused-ring (bicyclic) bond motifs is 1. The van der Waals surface area contributed by atoms with Gasteiger partial charge in [0.1, 0.15) is 17.8 Å². The van der Waals surface area contributed by atoms with Gasteiger partial charge in [0.15, 0.2) is 0 Å². The largest absolute Gasteiger partial charge is 0.481 e. The molecule has 0 saturated carbocycles. The molecule has 7 nitrogen and oxygen atoms in total. The highest BCUT2D eigenvalue weighted by molar-refractivity contribution is 5.91. The molecule has 0 radical (unpaired) electrons. The number of ether oxygens (including phenoxy) is 1. The van der Waals surface area contributed by atoms with E-state index in [1.807, 2.05) is 26.0 Å². The zero-order valence-electron chi connectivity index (χ0n) is 16.7. The standard InChI is InChI=1S/C22H24N6O/c1-22(2,23)16-7-5-15(6-8-16)18-10-17-20(26-13-27-21(17)28-18)25-12-14-4-9-19(29-3)24-11-14/h4-11,13H,12,23H2,1-3H3,(H2,25,26,27,28). The van der Waals surface area contributed by atoms with Gasteiger partial charge in [-0.25, -0.2) is 15.0 Å². The maximum absolute atomic E-state index is 6.18. The van der Waals surface area contributed by atoms with Crippen molar-refractivity contribution in [1.82, 2.24) is 19.9 Å². The number of hydrogen-bond donors (Lipinski definition) is 3. The zero-order valence-corrected chi connectivity index (χ0v) is 16.7. The molecule has 0 aliphatic carbocycles. The second-order valence-corrected chi connectivity index (χ2v) is 7.53. The van der Waals surface area contributed by atoms with Crippen molar-refractivity contribution in [3.05, 3.63) is 66.1 Å². The lowest BCUT2D eigenvalue weighted by atomic mass is 9.94. The fourth-order valence-corrected chi connectivity index (χ4v) is 3.14. The Morgan fingerprint density at radius 2 is 1.86 bits per heavy atom. The number of aromatic amines is 1. The number of nitrogens with zero attached hydrogens (tertiary/aromatic N) is 3. The summed E-state index contributed by atoms with van der Waals surface area (Å²) in [5.41, 5.74) is 10.8. The van der Waals surface area contributed by atoms with Crippen LogP contribution < -0.4 is 15.8 Å². The second-order valence-electron chi connectivity index (χ2n) is 7.53. The monoisotopic (exact) mass is 388 g/mol. The molecule has 1 aromatic carbocycles. The van der Waals surface area contributed by atoms with Gasteiger partial charge >= 0.3 is 0 Å². The number of benzene rings is 1. The number of nitrogens with one attached hydrogen (secondary N) is 2. The van der Waals surface area contributed by atoms with Gasteiger partial charge in [-0.05, 0) is 36.6 Å². The summed E-state index contributed by atoms with van der Waals surface area (Å²) in [5, 5.41) is 4.30. The number of rotatable bonds is 6. The quantitative estimate of drug-likeness (QED) is 0.464. The minimum atomic E-state index is -0.363. The fraction of sp³-hybridized carbons (Fsp3) is 0.227. The van der Waals surface area contributed by atoms with Crippen molar-refractivity contribution in [3.8, 4) is 17.1 Å². The van der Waals surface area contributed by atoms with E-state index < -0.39 is 0 Å². The van der Waals surface area contributed by atoms with Crippen molar-refractivity contribution in [2.45, 2.75) is 25.9 Å². The van der Waals surface area contributed by atoms with Crippen molar-refractivity contribution < 1.29 is 4.74 Å². The summed E-state index contributed by atoms with van der Waals surface area (Å²) < 4.78 is 5.10. The molecular weight excluding hydrogens is 364 g/mol. The molecule has 0 unspecified atom stereocenters. The molecule has 3 aromatic heterocycles. The van der Waals surface area contributed by atoms with Gasteiger partial charge in [0.2, 0.25) is 5.88 Å². The number of hydrogen-bond acceptors (Lipinski definition) is 6. The van der Waals surface area contributed by atoms with Gasteiger partial charge in [-0.1, -0.05) is 30.3 Å². The first kappa shape index (κ1) is 18.9. The van der Waals surface area contributed by atoms with Gasteiger partial charge in [-0.2, -0.15) is 0 Å². The van der Waals surface area contributed by atoms with Crippen LogP contribution in [0.3, 0.4) is 0 Å². The van der Waals surface area contributed by atoms with Crippen LogP contribution in [0.5, 0.6) is 5.88 Å². The minimum absolute atomic E-state index is 0.363. The van der Waals surface area contributed by atoms with Crippen LogP contribution in [0.25, 0.3) is 22.3 Å². The summed E-state index contributed by atoms with van der Waals surface area (Å²) in [6.45, 7) is 4.59. The molecule has 0 fully saturated rings. The SMILES string of the molecule is COc1ccc(CNc2ncnc3[nH]c(-c4ccc(C(C)(C)N)cc4)cc23)cn1. The first-order chi connectivity index (χ1) is 13.9. The van der Waals surface area contributed by atoms with Gasteiger partial charge in [0, 0.05) is 30.0 Å². The zero-order chi connectivity index (χ0) is 20.4. The second kappa shape index (κ2) is 7.52. The van der Waals surface area contributed by atoms with Crippen molar-refractivity contribution in [2.75, 3.05) is 12.4 Å². The Balaban J connectivity index is 1.58. The summed E-state index contributed by atoms with van der Waals surface area (Å²) in [5.74, 6) is 1.37. The van der Waals surface area contributed by atoms with Gasteiger partial charge in [-0.3, -0.25) is 0 Å². The van der Waals surface area contributed by atoms with Gasteiger partial charge < -0.3 is 20.8 Å². The number of aromatic nitrogens is 4. The van der Waals surface area contributed by atoms with Gasteiger partial charge in [0.25, 0.3) is 0 Å². The third kappa shape index (κ3) is 4.05. The number of anilines is 1. The number of nitrogens with two attached hydrogens (primary N) is 1. The normalized spacial score (nSPS) is 11.6. The highest BCUT2D eigenvalue weighted by Gasteiger charge is 2.14.